The molecule has 3 aromatic rings. The van der Waals surface area contributed by atoms with E-state index < -0.39 is 17.2 Å². The Balaban J connectivity index is 1.95. The second kappa shape index (κ2) is 9.95. The second-order valence-electron chi connectivity index (χ2n) is 7.86. The Hall–Kier alpha value is -3.20. The van der Waals surface area contributed by atoms with Crippen LogP contribution in [0, 0.1) is 0 Å². The minimum absolute atomic E-state index is 0.0119. The van der Waals surface area contributed by atoms with Gasteiger partial charge in [-0.2, -0.15) is 0 Å². The molecule has 0 saturated carbocycles. The van der Waals surface area contributed by atoms with Crippen molar-refractivity contribution in [1.29, 1.82) is 0 Å². The van der Waals surface area contributed by atoms with Crippen LogP contribution in [0.25, 0.3) is 10.6 Å². The molecule has 0 aliphatic rings. The van der Waals surface area contributed by atoms with E-state index in [4.69, 9.17) is 5.73 Å². The van der Waals surface area contributed by atoms with Crippen LogP contribution in [0.5, 0.6) is 0 Å². The minimum atomic E-state index is -0.685. The lowest BCUT2D eigenvalue weighted by Gasteiger charge is -2.22. The van der Waals surface area contributed by atoms with E-state index in [0.717, 1.165) is 23.4 Å². The number of carbonyl (C=O) groups excluding carboxylic acids is 1. The monoisotopic (exact) mass is 455 g/mol. The Labute approximate surface area is 190 Å². The lowest BCUT2D eigenvalue weighted by atomic mass is 10.0. The van der Waals surface area contributed by atoms with Crippen LogP contribution < -0.4 is 21.9 Å². The van der Waals surface area contributed by atoms with Crippen molar-refractivity contribution in [3.8, 4) is 10.6 Å². The number of H-pyrrole nitrogens is 1. The molecule has 0 spiro atoms. The quantitative estimate of drug-likeness (QED) is 0.536. The number of nitrogens with two attached hydrogens (primary N) is 1. The van der Waals surface area contributed by atoms with Gasteiger partial charge in [-0.05, 0) is 24.8 Å². The number of hydrogen-bond donors (Lipinski definition) is 2. The zero-order valence-electron chi connectivity index (χ0n) is 18.8. The standard InChI is InChI=1S/C23H29N5O3S/c1-5-7-12-28-19(24)18(20(29)26-23(28)31)27(6-2)22(30)17-13-32-21(25-17)16-10-8-15(9-11-16)14(3)4/h8-11,13-14H,5-7,12,24H2,1-4H3,(H,26,29,31). The molecule has 0 unspecified atom stereocenters. The predicted octanol–water partition coefficient (Wildman–Crippen LogP) is 3.83. The van der Waals surface area contributed by atoms with Crippen LogP contribution in [0.3, 0.4) is 0 Å². The number of amides is 1. The summed E-state index contributed by atoms with van der Waals surface area (Å²) in [5.41, 5.74) is 7.28. The van der Waals surface area contributed by atoms with Crippen LogP contribution >= 0.6 is 11.3 Å². The number of carbonyl (C=O) groups is 1. The highest BCUT2D eigenvalue weighted by molar-refractivity contribution is 7.13. The van der Waals surface area contributed by atoms with Crippen LogP contribution in [0.1, 0.15) is 62.5 Å². The number of benzene rings is 1. The first-order valence-corrected chi connectivity index (χ1v) is 11.7. The van der Waals surface area contributed by atoms with Crippen molar-refractivity contribution in [3.05, 3.63) is 61.7 Å². The number of aromatic nitrogens is 3. The fourth-order valence-electron chi connectivity index (χ4n) is 3.43. The van der Waals surface area contributed by atoms with E-state index in [1.54, 1.807) is 12.3 Å². The van der Waals surface area contributed by atoms with Crippen LogP contribution in [-0.4, -0.2) is 27.0 Å². The van der Waals surface area contributed by atoms with Gasteiger partial charge in [0.05, 0.1) is 0 Å². The number of nitrogen functional groups attached to an aromatic ring is 1. The largest absolute Gasteiger partial charge is 0.383 e. The molecule has 1 aromatic carbocycles. The Morgan fingerprint density at radius 3 is 2.50 bits per heavy atom. The molecule has 8 nitrogen and oxygen atoms in total. The van der Waals surface area contributed by atoms with Gasteiger partial charge in [-0.1, -0.05) is 51.5 Å². The molecule has 1 amide bonds. The summed E-state index contributed by atoms with van der Waals surface area (Å²) in [7, 11) is 0. The summed E-state index contributed by atoms with van der Waals surface area (Å²) >= 11 is 1.36. The smallest absolute Gasteiger partial charge is 0.330 e. The molecule has 0 radical (unpaired) electrons. The van der Waals surface area contributed by atoms with Gasteiger partial charge < -0.3 is 5.73 Å². The Morgan fingerprint density at radius 2 is 1.91 bits per heavy atom. The van der Waals surface area contributed by atoms with Crippen LogP contribution in [0.2, 0.25) is 0 Å². The molecular weight excluding hydrogens is 426 g/mol. The third-order valence-corrected chi connectivity index (χ3v) is 6.22. The van der Waals surface area contributed by atoms with E-state index in [1.807, 2.05) is 19.1 Å². The second-order valence-corrected chi connectivity index (χ2v) is 8.72. The van der Waals surface area contributed by atoms with Gasteiger partial charge in [0.2, 0.25) is 0 Å². The average Bonchev–Trinajstić information content (AvgIpc) is 3.26. The molecule has 3 rings (SSSR count). The SMILES string of the molecule is CCCCn1c(N)c(N(CC)C(=O)c2csc(-c3ccc(C(C)C)cc3)n2)c(=O)[nH]c1=O. The van der Waals surface area contributed by atoms with E-state index >= 15 is 0 Å². The molecule has 3 N–H and O–H groups in total. The maximum absolute atomic E-state index is 13.3. The van der Waals surface area contributed by atoms with E-state index in [-0.39, 0.29) is 23.7 Å². The van der Waals surface area contributed by atoms with Gasteiger partial charge in [-0.15, -0.1) is 11.3 Å². The highest BCUT2D eigenvalue weighted by atomic mass is 32.1. The van der Waals surface area contributed by atoms with Gasteiger partial charge >= 0.3 is 5.69 Å². The fourth-order valence-corrected chi connectivity index (χ4v) is 4.23. The number of aromatic amines is 1. The van der Waals surface area contributed by atoms with Crippen LogP contribution in [0.4, 0.5) is 11.5 Å². The third-order valence-electron chi connectivity index (χ3n) is 5.33. The molecule has 0 saturated heterocycles. The lowest BCUT2D eigenvalue weighted by molar-refractivity contribution is 0.0984. The first-order chi connectivity index (χ1) is 15.3. The number of nitrogens with zero attached hydrogens (tertiary/aromatic N) is 3. The zero-order chi connectivity index (χ0) is 23.4. The first kappa shape index (κ1) is 23.5. The lowest BCUT2D eigenvalue weighted by Crippen LogP contribution is -2.41. The molecule has 2 heterocycles. The first-order valence-electron chi connectivity index (χ1n) is 10.8. The number of nitrogens with one attached hydrogen (secondary N) is 1. The molecule has 170 valence electrons. The van der Waals surface area contributed by atoms with E-state index in [2.05, 4.69) is 35.9 Å². The normalized spacial score (nSPS) is 11.2. The number of hydrogen-bond acceptors (Lipinski definition) is 6. The summed E-state index contributed by atoms with van der Waals surface area (Å²) in [6, 6.07) is 8.10. The number of rotatable bonds is 8. The molecular formula is C23H29N5O3S. The van der Waals surface area contributed by atoms with Crippen molar-refractivity contribution >= 4 is 28.7 Å². The number of anilines is 2. The molecule has 2 aromatic heterocycles. The maximum atomic E-state index is 13.3. The summed E-state index contributed by atoms with van der Waals surface area (Å²) in [4.78, 5) is 46.1. The van der Waals surface area contributed by atoms with E-state index in [9.17, 15) is 14.4 Å². The van der Waals surface area contributed by atoms with E-state index in [0.29, 0.717) is 12.5 Å². The van der Waals surface area contributed by atoms with Crippen molar-refractivity contribution < 1.29 is 4.79 Å². The Kier molecular flexibility index (Phi) is 7.29. The summed E-state index contributed by atoms with van der Waals surface area (Å²) < 4.78 is 1.30. The van der Waals surface area contributed by atoms with Gasteiger partial charge in [0, 0.05) is 24.0 Å². The number of unbranched alkanes of at least 4 members (excludes halogenated alkanes) is 1. The van der Waals surface area contributed by atoms with Gasteiger partial charge in [0.25, 0.3) is 11.5 Å². The summed E-state index contributed by atoms with van der Waals surface area (Å²) in [6.07, 6.45) is 1.58. The zero-order valence-corrected chi connectivity index (χ0v) is 19.7. The summed E-state index contributed by atoms with van der Waals surface area (Å²) in [6.45, 7) is 8.57. The molecule has 9 heteroatoms. The van der Waals surface area contributed by atoms with E-state index in [1.165, 1.54) is 26.4 Å². The van der Waals surface area contributed by atoms with Crippen molar-refractivity contribution in [2.24, 2.45) is 0 Å². The van der Waals surface area contributed by atoms with Gasteiger partial charge in [0.15, 0.2) is 5.69 Å². The highest BCUT2D eigenvalue weighted by Crippen LogP contribution is 2.27. The summed E-state index contributed by atoms with van der Waals surface area (Å²) in [5, 5.41) is 2.39. The van der Waals surface area contributed by atoms with Gasteiger partial charge in [-0.25, -0.2) is 9.78 Å². The maximum Gasteiger partial charge on any atom is 0.330 e. The average molecular weight is 456 g/mol. The fraction of sp³-hybridized carbons (Fsp3) is 0.391. The van der Waals surface area contributed by atoms with Crippen molar-refractivity contribution in [1.82, 2.24) is 14.5 Å². The van der Waals surface area contributed by atoms with Crippen LogP contribution in [-0.2, 0) is 6.54 Å². The Bertz CT molecular complexity index is 1210. The Morgan fingerprint density at radius 1 is 1.22 bits per heavy atom. The van der Waals surface area contributed by atoms with Gasteiger partial charge in [-0.3, -0.25) is 24.0 Å². The predicted molar refractivity (Wildman–Crippen MR) is 130 cm³/mol. The molecule has 0 atom stereocenters. The molecule has 0 aliphatic carbocycles. The molecule has 0 bridgehead atoms. The number of thiazole rings is 1. The minimum Gasteiger partial charge on any atom is -0.383 e. The molecule has 32 heavy (non-hydrogen) atoms. The van der Waals surface area contributed by atoms with Gasteiger partial charge in [0.1, 0.15) is 16.5 Å². The van der Waals surface area contributed by atoms with Crippen molar-refractivity contribution in [2.45, 2.75) is 53.0 Å². The van der Waals surface area contributed by atoms with Crippen LogP contribution in [0.15, 0.2) is 39.2 Å². The summed E-state index contributed by atoms with van der Waals surface area (Å²) in [5.74, 6) is -0.0199. The van der Waals surface area contributed by atoms with Crippen molar-refractivity contribution in [2.75, 3.05) is 17.2 Å². The third kappa shape index (κ3) is 4.67. The topological polar surface area (TPSA) is 114 Å². The molecule has 0 fully saturated rings. The highest BCUT2D eigenvalue weighted by Gasteiger charge is 2.25. The van der Waals surface area contributed by atoms with Crippen molar-refractivity contribution in [3.63, 3.8) is 0 Å². The molecule has 0 aliphatic heterocycles.